The first-order valence-electron chi connectivity index (χ1n) is 6.37. The molecular formula is C15H11F3N2O2. The zero-order valence-corrected chi connectivity index (χ0v) is 11.4. The summed E-state index contributed by atoms with van der Waals surface area (Å²) in [5.74, 6) is -1.13. The Labute approximate surface area is 122 Å². The maximum atomic E-state index is 13.2. The van der Waals surface area contributed by atoms with Crippen molar-refractivity contribution in [2.75, 3.05) is 0 Å². The molecule has 0 radical (unpaired) electrons. The number of carbonyl (C=O) groups is 1. The normalized spacial score (nSPS) is 12.0. The van der Waals surface area contributed by atoms with Crippen molar-refractivity contribution < 1.29 is 23.1 Å². The number of hydrogen-bond donors (Lipinski definition) is 2. The SMILES string of the molecule is Cn1c(C(=O)O)ccc1-c1c[nH]c2cccc(C(F)(F)F)c12. The summed E-state index contributed by atoms with van der Waals surface area (Å²) in [7, 11) is 1.51. The van der Waals surface area contributed by atoms with Crippen molar-refractivity contribution in [3.63, 3.8) is 0 Å². The van der Waals surface area contributed by atoms with Crippen molar-refractivity contribution in [1.29, 1.82) is 0 Å². The molecule has 0 aliphatic carbocycles. The Bertz CT molecular complexity index is 875. The van der Waals surface area contributed by atoms with Crippen LogP contribution in [0, 0.1) is 0 Å². The second-order valence-electron chi connectivity index (χ2n) is 4.90. The summed E-state index contributed by atoms with van der Waals surface area (Å²) in [6.45, 7) is 0. The second kappa shape index (κ2) is 4.66. The fraction of sp³-hybridized carbons (Fsp3) is 0.133. The number of H-pyrrole nitrogens is 1. The van der Waals surface area contributed by atoms with Crippen LogP contribution in [-0.2, 0) is 13.2 Å². The van der Waals surface area contributed by atoms with Gasteiger partial charge in [-0.1, -0.05) is 6.07 Å². The van der Waals surface area contributed by atoms with Gasteiger partial charge in [-0.3, -0.25) is 0 Å². The molecule has 0 aliphatic heterocycles. The highest BCUT2D eigenvalue weighted by Crippen LogP contribution is 2.39. The van der Waals surface area contributed by atoms with Crippen molar-refractivity contribution in [2.45, 2.75) is 6.18 Å². The minimum Gasteiger partial charge on any atom is -0.477 e. The van der Waals surface area contributed by atoms with E-state index in [-0.39, 0.29) is 11.1 Å². The molecule has 3 aromatic rings. The molecule has 0 aliphatic rings. The van der Waals surface area contributed by atoms with Gasteiger partial charge in [0.05, 0.1) is 11.3 Å². The molecule has 0 atom stereocenters. The van der Waals surface area contributed by atoms with Gasteiger partial charge in [-0.25, -0.2) is 4.79 Å². The lowest BCUT2D eigenvalue weighted by Crippen LogP contribution is -2.07. The third-order valence-corrected chi connectivity index (χ3v) is 3.63. The summed E-state index contributed by atoms with van der Waals surface area (Å²) < 4.78 is 41.0. The smallest absolute Gasteiger partial charge is 0.417 e. The van der Waals surface area contributed by atoms with Gasteiger partial charge in [0, 0.05) is 29.7 Å². The van der Waals surface area contributed by atoms with E-state index in [1.165, 1.54) is 36.0 Å². The molecular weight excluding hydrogens is 297 g/mol. The Kier molecular flexibility index (Phi) is 3.01. The van der Waals surface area contributed by atoms with Crippen LogP contribution in [0.1, 0.15) is 16.1 Å². The minimum absolute atomic E-state index is 0.00818. The zero-order valence-electron chi connectivity index (χ0n) is 11.4. The molecule has 0 bridgehead atoms. The van der Waals surface area contributed by atoms with Crippen LogP contribution in [0.25, 0.3) is 22.2 Å². The number of fused-ring (bicyclic) bond motifs is 1. The molecule has 0 amide bonds. The van der Waals surface area contributed by atoms with Gasteiger partial charge in [0.15, 0.2) is 0 Å². The largest absolute Gasteiger partial charge is 0.477 e. The van der Waals surface area contributed by atoms with Crippen LogP contribution in [0.15, 0.2) is 36.5 Å². The van der Waals surface area contributed by atoms with E-state index in [1.54, 1.807) is 6.07 Å². The third-order valence-electron chi connectivity index (χ3n) is 3.63. The second-order valence-corrected chi connectivity index (χ2v) is 4.90. The molecule has 1 aromatic carbocycles. The summed E-state index contributed by atoms with van der Waals surface area (Å²) >= 11 is 0. The Hall–Kier alpha value is -2.70. The molecule has 7 heteroatoms. The van der Waals surface area contributed by atoms with Crippen LogP contribution in [-0.4, -0.2) is 20.6 Å². The molecule has 2 aromatic heterocycles. The maximum Gasteiger partial charge on any atom is 0.417 e. The van der Waals surface area contributed by atoms with Gasteiger partial charge in [-0.2, -0.15) is 13.2 Å². The summed E-state index contributed by atoms with van der Waals surface area (Å²) in [5.41, 5.74) is 0.328. The molecule has 3 rings (SSSR count). The van der Waals surface area contributed by atoms with Gasteiger partial charge in [0.25, 0.3) is 0 Å². The van der Waals surface area contributed by atoms with Gasteiger partial charge in [0.1, 0.15) is 5.69 Å². The molecule has 2 N–H and O–H groups in total. The molecule has 0 spiro atoms. The predicted molar refractivity (Wildman–Crippen MR) is 74.7 cm³/mol. The Morgan fingerprint density at radius 2 is 1.95 bits per heavy atom. The van der Waals surface area contributed by atoms with Crippen LogP contribution in [0.5, 0.6) is 0 Å². The highest BCUT2D eigenvalue weighted by Gasteiger charge is 2.34. The van der Waals surface area contributed by atoms with Gasteiger partial charge in [0.2, 0.25) is 0 Å². The van der Waals surface area contributed by atoms with Gasteiger partial charge < -0.3 is 14.7 Å². The molecule has 0 saturated carbocycles. The number of nitrogens with one attached hydrogen (secondary N) is 1. The van der Waals surface area contributed by atoms with Crippen molar-refractivity contribution in [3.8, 4) is 11.3 Å². The van der Waals surface area contributed by atoms with Crippen molar-refractivity contribution >= 4 is 16.9 Å². The first-order chi connectivity index (χ1) is 10.3. The third kappa shape index (κ3) is 2.05. The molecule has 22 heavy (non-hydrogen) atoms. The number of carboxylic acids is 1. The number of aromatic nitrogens is 2. The first-order valence-corrected chi connectivity index (χ1v) is 6.37. The topological polar surface area (TPSA) is 58.0 Å². The van der Waals surface area contributed by atoms with E-state index in [0.717, 1.165) is 6.07 Å². The number of hydrogen-bond acceptors (Lipinski definition) is 1. The van der Waals surface area contributed by atoms with Crippen LogP contribution in [0.2, 0.25) is 0 Å². The summed E-state index contributed by atoms with van der Waals surface area (Å²) in [5, 5.41) is 9.10. The summed E-state index contributed by atoms with van der Waals surface area (Å²) in [6.07, 6.45) is -3.03. The highest BCUT2D eigenvalue weighted by molar-refractivity contribution is 5.98. The van der Waals surface area contributed by atoms with Crippen LogP contribution in [0.3, 0.4) is 0 Å². The maximum absolute atomic E-state index is 13.2. The Morgan fingerprint density at radius 3 is 2.55 bits per heavy atom. The highest BCUT2D eigenvalue weighted by atomic mass is 19.4. The van der Waals surface area contributed by atoms with Crippen LogP contribution >= 0.6 is 0 Å². The molecule has 114 valence electrons. The number of aromatic carboxylic acids is 1. The number of rotatable bonds is 2. The standard InChI is InChI=1S/C15H11F3N2O2/c1-20-11(5-6-12(20)14(21)22)8-7-19-10-4-2-3-9(13(8)10)15(16,17)18/h2-7,19H,1H3,(H,21,22). The molecule has 0 saturated heterocycles. The van der Waals surface area contributed by atoms with Crippen LogP contribution < -0.4 is 0 Å². The summed E-state index contributed by atoms with van der Waals surface area (Å²) in [4.78, 5) is 13.9. The first kappa shape index (κ1) is 14.2. The Balaban J connectivity index is 2.31. The number of carboxylic acid groups (broad SMARTS) is 1. The monoisotopic (exact) mass is 308 g/mol. The van der Waals surface area contributed by atoms with E-state index in [2.05, 4.69) is 4.98 Å². The van der Waals surface area contributed by atoms with E-state index in [0.29, 0.717) is 16.8 Å². The van der Waals surface area contributed by atoms with Crippen molar-refractivity contribution in [1.82, 2.24) is 9.55 Å². The lowest BCUT2D eigenvalue weighted by atomic mass is 10.0. The predicted octanol–water partition coefficient (Wildman–Crippen LogP) is 3.89. The van der Waals surface area contributed by atoms with E-state index < -0.39 is 17.7 Å². The lowest BCUT2D eigenvalue weighted by molar-refractivity contribution is -0.136. The van der Waals surface area contributed by atoms with Crippen LogP contribution in [0.4, 0.5) is 13.2 Å². The fourth-order valence-electron chi connectivity index (χ4n) is 2.62. The van der Waals surface area contributed by atoms with E-state index in [1.807, 2.05) is 0 Å². The number of nitrogens with zero attached hydrogens (tertiary/aromatic N) is 1. The van der Waals surface area contributed by atoms with Gasteiger partial charge in [-0.05, 0) is 24.3 Å². The van der Waals surface area contributed by atoms with Crippen molar-refractivity contribution in [3.05, 3.63) is 47.8 Å². The summed E-state index contributed by atoms with van der Waals surface area (Å²) in [6, 6.07) is 6.76. The molecule has 4 nitrogen and oxygen atoms in total. The Morgan fingerprint density at radius 1 is 1.23 bits per heavy atom. The van der Waals surface area contributed by atoms with E-state index >= 15 is 0 Å². The number of halogens is 3. The van der Waals surface area contributed by atoms with Gasteiger partial charge in [-0.15, -0.1) is 0 Å². The lowest BCUT2D eigenvalue weighted by Gasteiger charge is -2.10. The number of benzene rings is 1. The average Bonchev–Trinajstić information content (AvgIpc) is 3.00. The van der Waals surface area contributed by atoms with E-state index in [4.69, 9.17) is 5.11 Å². The molecule has 0 fully saturated rings. The minimum atomic E-state index is -4.49. The molecule has 0 unspecified atom stereocenters. The number of aromatic amines is 1. The van der Waals surface area contributed by atoms with Crippen molar-refractivity contribution in [2.24, 2.45) is 7.05 Å². The quantitative estimate of drug-likeness (QED) is 0.754. The van der Waals surface area contributed by atoms with Gasteiger partial charge >= 0.3 is 12.1 Å². The fourth-order valence-corrected chi connectivity index (χ4v) is 2.62. The number of alkyl halides is 3. The molecule has 2 heterocycles. The zero-order chi connectivity index (χ0) is 16.1. The van der Waals surface area contributed by atoms with E-state index in [9.17, 15) is 18.0 Å². The average molecular weight is 308 g/mol.